The number of fused-ring (bicyclic) bond motifs is 1. The van der Waals surface area contributed by atoms with E-state index in [9.17, 15) is 9.59 Å². The SMILES string of the molecule is Nc1[nH]c(C(=O)c2ccc(Br)cc2)c(-c2ccccc2Cl)c1C(=O)NCCc1c[nH]c2ccccc12. The van der Waals surface area contributed by atoms with Crippen molar-refractivity contribution in [2.24, 2.45) is 0 Å². The second-order valence-electron chi connectivity index (χ2n) is 8.34. The summed E-state index contributed by atoms with van der Waals surface area (Å²) in [5.41, 5.74) is 10.2. The summed E-state index contributed by atoms with van der Waals surface area (Å²) >= 11 is 9.89. The molecule has 0 aliphatic carbocycles. The van der Waals surface area contributed by atoms with Gasteiger partial charge in [0, 0.05) is 49.8 Å². The number of nitrogen functional groups attached to an aromatic ring is 1. The van der Waals surface area contributed by atoms with Crippen molar-refractivity contribution in [2.75, 3.05) is 12.3 Å². The van der Waals surface area contributed by atoms with Crippen molar-refractivity contribution in [3.8, 4) is 11.1 Å². The maximum Gasteiger partial charge on any atom is 0.255 e. The van der Waals surface area contributed by atoms with Gasteiger partial charge in [0.25, 0.3) is 5.91 Å². The maximum atomic E-state index is 13.5. The molecule has 2 heterocycles. The van der Waals surface area contributed by atoms with Crippen LogP contribution < -0.4 is 11.1 Å². The summed E-state index contributed by atoms with van der Waals surface area (Å²) in [5, 5.41) is 4.49. The Morgan fingerprint density at radius 1 is 0.972 bits per heavy atom. The number of aromatic amines is 2. The first-order chi connectivity index (χ1) is 17.4. The molecule has 0 unspecified atom stereocenters. The van der Waals surface area contributed by atoms with E-state index >= 15 is 0 Å². The highest BCUT2D eigenvalue weighted by Gasteiger charge is 2.28. The first-order valence-corrected chi connectivity index (χ1v) is 12.5. The van der Waals surface area contributed by atoms with Crippen molar-refractivity contribution in [1.82, 2.24) is 15.3 Å². The molecule has 2 aromatic heterocycles. The topological polar surface area (TPSA) is 104 Å². The van der Waals surface area contributed by atoms with Crippen LogP contribution in [0.2, 0.25) is 5.02 Å². The number of carbonyl (C=O) groups excluding carboxylic acids is 2. The van der Waals surface area contributed by atoms with Crippen molar-refractivity contribution in [3.63, 3.8) is 0 Å². The molecule has 0 aliphatic heterocycles. The molecule has 8 heteroatoms. The molecule has 5 aromatic rings. The molecule has 0 fully saturated rings. The van der Waals surface area contributed by atoms with Crippen molar-refractivity contribution in [3.05, 3.63) is 111 Å². The first-order valence-electron chi connectivity index (χ1n) is 11.3. The third-order valence-electron chi connectivity index (χ3n) is 6.09. The minimum atomic E-state index is -0.381. The van der Waals surface area contributed by atoms with Gasteiger partial charge in [0.15, 0.2) is 0 Å². The molecule has 0 saturated heterocycles. The number of nitrogens with two attached hydrogens (primary N) is 1. The van der Waals surface area contributed by atoms with E-state index in [4.69, 9.17) is 17.3 Å². The van der Waals surface area contributed by atoms with Crippen molar-refractivity contribution in [2.45, 2.75) is 6.42 Å². The highest BCUT2D eigenvalue weighted by atomic mass is 79.9. The summed E-state index contributed by atoms with van der Waals surface area (Å²) in [4.78, 5) is 33.1. The smallest absolute Gasteiger partial charge is 0.255 e. The van der Waals surface area contributed by atoms with Gasteiger partial charge >= 0.3 is 0 Å². The zero-order chi connectivity index (χ0) is 25.2. The van der Waals surface area contributed by atoms with Crippen LogP contribution in [0.4, 0.5) is 5.82 Å². The van der Waals surface area contributed by atoms with Crippen molar-refractivity contribution in [1.29, 1.82) is 0 Å². The largest absolute Gasteiger partial charge is 0.385 e. The van der Waals surface area contributed by atoms with Gasteiger partial charge in [-0.25, -0.2) is 0 Å². The number of amides is 1. The van der Waals surface area contributed by atoms with Crippen molar-refractivity contribution < 1.29 is 9.59 Å². The molecule has 0 bridgehead atoms. The lowest BCUT2D eigenvalue weighted by atomic mass is 9.96. The summed E-state index contributed by atoms with van der Waals surface area (Å²) in [5.74, 6) is -0.565. The van der Waals surface area contributed by atoms with Gasteiger partial charge in [-0.3, -0.25) is 9.59 Å². The number of benzene rings is 3. The summed E-state index contributed by atoms with van der Waals surface area (Å²) in [6.45, 7) is 0.392. The first kappa shape index (κ1) is 23.9. The molecule has 0 aliphatic rings. The molecule has 0 atom stereocenters. The molecule has 0 radical (unpaired) electrons. The Balaban J connectivity index is 1.48. The van der Waals surface area contributed by atoms with Crippen LogP contribution in [0.1, 0.15) is 32.0 Å². The molecule has 6 nitrogen and oxygen atoms in total. The summed E-state index contributed by atoms with van der Waals surface area (Å²) < 4.78 is 0.853. The number of ketones is 1. The molecule has 5 rings (SSSR count). The van der Waals surface area contributed by atoms with Crippen molar-refractivity contribution >= 4 is 55.9 Å². The van der Waals surface area contributed by atoms with Crippen LogP contribution in [-0.4, -0.2) is 28.2 Å². The van der Waals surface area contributed by atoms with Crippen LogP contribution in [0.3, 0.4) is 0 Å². The lowest BCUT2D eigenvalue weighted by Gasteiger charge is -2.10. The number of hydrogen-bond acceptors (Lipinski definition) is 3. The molecule has 36 heavy (non-hydrogen) atoms. The van der Waals surface area contributed by atoms with Gasteiger partial charge in [0.1, 0.15) is 5.82 Å². The lowest BCUT2D eigenvalue weighted by Crippen LogP contribution is -2.26. The number of H-pyrrole nitrogens is 2. The molecule has 3 aromatic carbocycles. The molecule has 0 saturated carbocycles. The maximum absolute atomic E-state index is 13.5. The minimum Gasteiger partial charge on any atom is -0.385 e. The number of halogens is 2. The van der Waals surface area contributed by atoms with Crippen LogP contribution in [0.25, 0.3) is 22.0 Å². The fourth-order valence-electron chi connectivity index (χ4n) is 4.34. The Labute approximate surface area is 221 Å². The summed E-state index contributed by atoms with van der Waals surface area (Å²) in [7, 11) is 0. The Morgan fingerprint density at radius 2 is 1.69 bits per heavy atom. The zero-order valence-electron chi connectivity index (χ0n) is 19.1. The van der Waals surface area contributed by atoms with Gasteiger partial charge < -0.3 is 21.0 Å². The number of hydrogen-bond donors (Lipinski definition) is 4. The van der Waals surface area contributed by atoms with E-state index in [2.05, 4.69) is 31.2 Å². The number of nitrogens with one attached hydrogen (secondary N) is 3. The minimum absolute atomic E-state index is 0.106. The van der Waals surface area contributed by atoms with E-state index < -0.39 is 0 Å². The Kier molecular flexibility index (Phi) is 6.67. The molecule has 0 spiro atoms. The second kappa shape index (κ2) is 10.0. The predicted molar refractivity (Wildman–Crippen MR) is 148 cm³/mol. The Morgan fingerprint density at radius 3 is 2.47 bits per heavy atom. The van der Waals surface area contributed by atoms with Gasteiger partial charge in [0.05, 0.1) is 11.3 Å². The fraction of sp³-hybridized carbons (Fsp3) is 0.0714. The van der Waals surface area contributed by atoms with E-state index in [0.717, 1.165) is 20.9 Å². The normalized spacial score (nSPS) is 11.1. The van der Waals surface area contributed by atoms with Crippen LogP contribution in [0, 0.1) is 0 Å². The number of aromatic nitrogens is 2. The number of para-hydroxylation sites is 1. The zero-order valence-corrected chi connectivity index (χ0v) is 21.4. The average Bonchev–Trinajstić information content (AvgIpc) is 3.45. The Hall–Kier alpha value is -3.81. The molecule has 180 valence electrons. The highest BCUT2D eigenvalue weighted by molar-refractivity contribution is 9.10. The van der Waals surface area contributed by atoms with E-state index in [1.165, 1.54) is 0 Å². The number of carbonyl (C=O) groups is 2. The van der Waals surface area contributed by atoms with Crippen LogP contribution in [0.15, 0.2) is 83.5 Å². The van der Waals surface area contributed by atoms with E-state index in [0.29, 0.717) is 34.7 Å². The highest BCUT2D eigenvalue weighted by Crippen LogP contribution is 2.37. The predicted octanol–water partition coefficient (Wildman–Crippen LogP) is 6.36. The number of rotatable bonds is 7. The monoisotopic (exact) mass is 560 g/mol. The molecule has 1 amide bonds. The number of anilines is 1. The van der Waals surface area contributed by atoms with Gasteiger partial charge in [-0.1, -0.05) is 63.9 Å². The fourth-order valence-corrected chi connectivity index (χ4v) is 4.84. The third-order valence-corrected chi connectivity index (χ3v) is 6.95. The second-order valence-corrected chi connectivity index (χ2v) is 9.67. The quantitative estimate of drug-likeness (QED) is 0.174. The summed E-state index contributed by atoms with van der Waals surface area (Å²) in [6.07, 6.45) is 2.58. The lowest BCUT2D eigenvalue weighted by molar-refractivity contribution is 0.0955. The van der Waals surface area contributed by atoms with E-state index in [1.54, 1.807) is 48.5 Å². The van der Waals surface area contributed by atoms with Crippen LogP contribution in [0.5, 0.6) is 0 Å². The third kappa shape index (κ3) is 4.55. The molecular weight excluding hydrogens is 540 g/mol. The van der Waals surface area contributed by atoms with E-state index in [1.807, 2.05) is 30.5 Å². The van der Waals surface area contributed by atoms with Crippen LogP contribution >= 0.6 is 27.5 Å². The average molecular weight is 562 g/mol. The van der Waals surface area contributed by atoms with Gasteiger partial charge in [-0.2, -0.15) is 0 Å². The van der Waals surface area contributed by atoms with E-state index in [-0.39, 0.29) is 28.8 Å². The summed E-state index contributed by atoms with van der Waals surface area (Å²) in [6, 6.07) is 22.1. The molecular formula is C28H22BrClN4O2. The van der Waals surface area contributed by atoms with Gasteiger partial charge in [-0.15, -0.1) is 0 Å². The van der Waals surface area contributed by atoms with Gasteiger partial charge in [0.2, 0.25) is 5.78 Å². The van der Waals surface area contributed by atoms with Gasteiger partial charge in [-0.05, 0) is 48.4 Å². The molecule has 5 N–H and O–H groups in total. The standard InChI is InChI=1S/C28H22BrClN4O2/c29-18-11-9-16(10-12-18)26(35)25-23(20-6-1-3-7-21(20)30)24(27(31)34-25)28(36)32-14-13-17-15-33-22-8-4-2-5-19(17)22/h1-12,15,33-34H,13-14,31H2,(H,32,36). The Bertz CT molecular complexity index is 1590. The van der Waals surface area contributed by atoms with Crippen LogP contribution in [-0.2, 0) is 6.42 Å².